The Hall–Kier alpha value is -2.36. The number of benzene rings is 1. The van der Waals surface area contributed by atoms with Gasteiger partial charge in [0.05, 0.1) is 17.0 Å². The lowest BCUT2D eigenvalue weighted by Crippen LogP contribution is -2.18. The summed E-state index contributed by atoms with van der Waals surface area (Å²) >= 11 is 0. The number of nitrogens with zero attached hydrogens (tertiary/aromatic N) is 1. The number of nitrogens with one attached hydrogen (secondary N) is 2. The molecule has 2 heterocycles. The molecule has 0 aromatic heterocycles. The lowest BCUT2D eigenvalue weighted by Gasteiger charge is -2.16. The van der Waals surface area contributed by atoms with Gasteiger partial charge in [-0.05, 0) is 24.6 Å². The molecule has 2 aliphatic rings. The Bertz CT molecular complexity index is 596. The molecule has 0 unspecified atom stereocenters. The third kappa shape index (κ3) is 1.54. The molecule has 0 fully saturated rings. The van der Waals surface area contributed by atoms with Gasteiger partial charge in [-0.2, -0.15) is 5.10 Å². The van der Waals surface area contributed by atoms with E-state index in [9.17, 15) is 4.79 Å². The number of hydrazone groups is 1. The van der Waals surface area contributed by atoms with Crippen LogP contribution in [0, 0.1) is 0 Å². The molecule has 0 saturated heterocycles. The molecular weight excluding hydrogens is 214 g/mol. The fourth-order valence-electron chi connectivity index (χ4n) is 1.99. The highest BCUT2D eigenvalue weighted by Gasteiger charge is 2.23. The largest absolute Gasteiger partial charge is 0.354 e. The molecule has 0 radical (unpaired) electrons. The minimum atomic E-state index is -0.158. The van der Waals surface area contributed by atoms with Crippen molar-refractivity contribution in [3.8, 4) is 0 Å². The SMILES string of the molecule is CC1=NNC(=O)C1=C1C=Cc2ccccc2N1. The molecule has 0 saturated carbocycles. The van der Waals surface area contributed by atoms with E-state index >= 15 is 0 Å². The van der Waals surface area contributed by atoms with E-state index in [1.54, 1.807) is 0 Å². The van der Waals surface area contributed by atoms with Gasteiger partial charge in [0.15, 0.2) is 0 Å². The summed E-state index contributed by atoms with van der Waals surface area (Å²) in [6, 6.07) is 7.95. The number of para-hydroxylation sites is 1. The van der Waals surface area contributed by atoms with Gasteiger partial charge in [-0.25, -0.2) is 5.43 Å². The molecule has 0 bridgehead atoms. The third-order valence-electron chi connectivity index (χ3n) is 2.84. The molecule has 1 aromatic carbocycles. The summed E-state index contributed by atoms with van der Waals surface area (Å²) in [5, 5.41) is 7.17. The third-order valence-corrected chi connectivity index (χ3v) is 2.84. The maximum Gasteiger partial charge on any atom is 0.275 e. The molecule has 0 atom stereocenters. The first-order valence-corrected chi connectivity index (χ1v) is 5.39. The molecule has 1 amide bonds. The highest BCUT2D eigenvalue weighted by Crippen LogP contribution is 2.26. The van der Waals surface area contributed by atoms with Crippen LogP contribution in [-0.4, -0.2) is 11.6 Å². The first-order chi connectivity index (χ1) is 8.25. The van der Waals surface area contributed by atoms with E-state index in [0.29, 0.717) is 11.3 Å². The van der Waals surface area contributed by atoms with Crippen LogP contribution >= 0.6 is 0 Å². The van der Waals surface area contributed by atoms with E-state index in [0.717, 1.165) is 16.9 Å². The van der Waals surface area contributed by atoms with E-state index in [-0.39, 0.29) is 5.91 Å². The van der Waals surface area contributed by atoms with Crippen LogP contribution in [0.25, 0.3) is 6.08 Å². The summed E-state index contributed by atoms with van der Waals surface area (Å²) < 4.78 is 0. The summed E-state index contributed by atoms with van der Waals surface area (Å²) in [7, 11) is 0. The number of carbonyl (C=O) groups excluding carboxylic acids is 1. The molecule has 2 aliphatic heterocycles. The van der Waals surface area contributed by atoms with Crippen LogP contribution in [0.2, 0.25) is 0 Å². The molecule has 0 spiro atoms. The Labute approximate surface area is 98.7 Å². The van der Waals surface area contributed by atoms with E-state index in [4.69, 9.17) is 0 Å². The average molecular weight is 225 g/mol. The highest BCUT2D eigenvalue weighted by molar-refractivity contribution is 6.25. The van der Waals surface area contributed by atoms with E-state index in [2.05, 4.69) is 15.8 Å². The van der Waals surface area contributed by atoms with Crippen LogP contribution in [0.5, 0.6) is 0 Å². The zero-order chi connectivity index (χ0) is 11.8. The topological polar surface area (TPSA) is 53.5 Å². The van der Waals surface area contributed by atoms with Gasteiger partial charge in [0.2, 0.25) is 0 Å². The molecule has 84 valence electrons. The lowest BCUT2D eigenvalue weighted by atomic mass is 10.0. The van der Waals surface area contributed by atoms with Crippen molar-refractivity contribution in [1.29, 1.82) is 0 Å². The van der Waals surface area contributed by atoms with E-state index in [1.165, 1.54) is 0 Å². The normalized spacial score (nSPS) is 21.7. The maximum atomic E-state index is 11.6. The highest BCUT2D eigenvalue weighted by atomic mass is 16.2. The zero-order valence-corrected chi connectivity index (χ0v) is 9.32. The number of hydrogen-bond donors (Lipinski definition) is 2. The average Bonchev–Trinajstić information content (AvgIpc) is 2.68. The predicted molar refractivity (Wildman–Crippen MR) is 67.4 cm³/mol. The van der Waals surface area contributed by atoms with Gasteiger partial charge in [-0.1, -0.05) is 24.3 Å². The molecule has 4 heteroatoms. The van der Waals surface area contributed by atoms with Gasteiger partial charge in [0.25, 0.3) is 5.91 Å². The molecular formula is C13H11N3O. The van der Waals surface area contributed by atoms with Crippen LogP contribution in [0.4, 0.5) is 5.69 Å². The van der Waals surface area contributed by atoms with Gasteiger partial charge in [0, 0.05) is 5.69 Å². The minimum absolute atomic E-state index is 0.158. The predicted octanol–water partition coefficient (Wildman–Crippen LogP) is 1.89. The van der Waals surface area contributed by atoms with Gasteiger partial charge < -0.3 is 5.32 Å². The number of amides is 1. The Kier molecular flexibility index (Phi) is 2.08. The summed E-state index contributed by atoms with van der Waals surface area (Å²) in [6.07, 6.45) is 3.90. The van der Waals surface area contributed by atoms with Crippen LogP contribution in [-0.2, 0) is 4.79 Å². The fourth-order valence-corrected chi connectivity index (χ4v) is 1.99. The standard InChI is InChI=1S/C13H11N3O/c1-8-12(13(17)16-15-8)11-7-6-9-4-2-3-5-10(9)14-11/h2-7,14H,1H3,(H,16,17). The van der Waals surface area contributed by atoms with Gasteiger partial charge in [-0.3, -0.25) is 4.79 Å². The Morgan fingerprint density at radius 1 is 1.18 bits per heavy atom. The quantitative estimate of drug-likeness (QED) is 0.662. The first kappa shape index (κ1) is 9.84. The van der Waals surface area contributed by atoms with Crippen molar-refractivity contribution in [2.75, 3.05) is 5.32 Å². The Morgan fingerprint density at radius 3 is 2.76 bits per heavy atom. The molecule has 4 nitrogen and oxygen atoms in total. The maximum absolute atomic E-state index is 11.6. The fraction of sp³-hybridized carbons (Fsp3) is 0.0769. The van der Waals surface area contributed by atoms with Gasteiger partial charge in [0.1, 0.15) is 0 Å². The van der Waals surface area contributed by atoms with Crippen LogP contribution < -0.4 is 10.7 Å². The van der Waals surface area contributed by atoms with Crippen molar-refractivity contribution in [1.82, 2.24) is 5.43 Å². The molecule has 2 N–H and O–H groups in total. The van der Waals surface area contributed by atoms with Crippen molar-refractivity contribution in [3.05, 3.63) is 47.2 Å². The Balaban J connectivity index is 2.08. The second kappa shape index (κ2) is 3.59. The zero-order valence-electron chi connectivity index (χ0n) is 9.32. The summed E-state index contributed by atoms with van der Waals surface area (Å²) in [4.78, 5) is 11.6. The van der Waals surface area contributed by atoms with Crippen molar-refractivity contribution in [2.45, 2.75) is 6.92 Å². The van der Waals surface area contributed by atoms with Crippen molar-refractivity contribution in [2.24, 2.45) is 5.10 Å². The number of anilines is 1. The Morgan fingerprint density at radius 2 is 2.00 bits per heavy atom. The molecule has 3 rings (SSSR count). The second-order valence-corrected chi connectivity index (χ2v) is 3.97. The molecule has 0 aliphatic carbocycles. The van der Waals surface area contributed by atoms with Crippen molar-refractivity contribution >= 4 is 23.4 Å². The molecule has 1 aromatic rings. The summed E-state index contributed by atoms with van der Waals surface area (Å²) in [5.74, 6) is -0.158. The van der Waals surface area contributed by atoms with E-state index in [1.807, 2.05) is 43.3 Å². The van der Waals surface area contributed by atoms with Crippen LogP contribution in [0.3, 0.4) is 0 Å². The lowest BCUT2D eigenvalue weighted by molar-refractivity contribution is -0.116. The number of carbonyl (C=O) groups is 1. The smallest absolute Gasteiger partial charge is 0.275 e. The van der Waals surface area contributed by atoms with Crippen LogP contribution in [0.1, 0.15) is 12.5 Å². The van der Waals surface area contributed by atoms with Crippen LogP contribution in [0.15, 0.2) is 46.7 Å². The van der Waals surface area contributed by atoms with Gasteiger partial charge in [-0.15, -0.1) is 0 Å². The second-order valence-electron chi connectivity index (χ2n) is 3.97. The minimum Gasteiger partial charge on any atom is -0.354 e. The van der Waals surface area contributed by atoms with Crippen molar-refractivity contribution in [3.63, 3.8) is 0 Å². The number of fused-ring (bicyclic) bond motifs is 1. The number of hydrogen-bond acceptors (Lipinski definition) is 3. The number of rotatable bonds is 0. The molecule has 17 heavy (non-hydrogen) atoms. The van der Waals surface area contributed by atoms with Gasteiger partial charge >= 0.3 is 0 Å². The number of allylic oxidation sites excluding steroid dienone is 1. The summed E-state index contributed by atoms with van der Waals surface area (Å²) in [6.45, 7) is 1.82. The monoisotopic (exact) mass is 225 g/mol. The summed E-state index contributed by atoms with van der Waals surface area (Å²) in [5.41, 5.74) is 6.69. The van der Waals surface area contributed by atoms with Crippen molar-refractivity contribution < 1.29 is 4.79 Å². The van der Waals surface area contributed by atoms with E-state index < -0.39 is 0 Å². The first-order valence-electron chi connectivity index (χ1n) is 5.39.